The molecule has 4 rings (SSSR count). The molecule has 6 nitrogen and oxygen atoms in total. The first-order valence-electron chi connectivity index (χ1n) is 9.72. The van der Waals surface area contributed by atoms with E-state index in [1.165, 1.54) is 11.3 Å². The molecule has 0 aliphatic rings. The van der Waals surface area contributed by atoms with Crippen molar-refractivity contribution in [2.45, 2.75) is 25.3 Å². The molecule has 160 valence electrons. The summed E-state index contributed by atoms with van der Waals surface area (Å²) in [7, 11) is -0.393. The van der Waals surface area contributed by atoms with Crippen LogP contribution in [0.1, 0.15) is 26.5 Å². The number of hydrogen-bond acceptors (Lipinski definition) is 5. The predicted molar refractivity (Wildman–Crippen MR) is 128 cm³/mol. The fraction of sp³-hybridized carbons (Fsp3) is 0.217. The Hall–Kier alpha value is -2.97. The number of carbonyl (C=O) groups is 1. The van der Waals surface area contributed by atoms with E-state index in [1.807, 2.05) is 45.3 Å². The Labute approximate surface area is 186 Å². The minimum atomic E-state index is -2.25. The second-order valence-electron chi connectivity index (χ2n) is 7.80. The molecule has 0 spiro atoms. The second kappa shape index (κ2) is 7.94. The average molecular weight is 453 g/mol. The van der Waals surface area contributed by atoms with Gasteiger partial charge in [-0.15, -0.1) is 11.3 Å². The molecule has 1 atom stereocenters. The summed E-state index contributed by atoms with van der Waals surface area (Å²) in [6.07, 6.45) is 5.30. The lowest BCUT2D eigenvalue weighted by atomic mass is 10.0. The first kappa shape index (κ1) is 21.3. The van der Waals surface area contributed by atoms with Crippen LogP contribution in [0.5, 0.6) is 0 Å². The zero-order valence-corrected chi connectivity index (χ0v) is 19.6. The molecule has 0 radical (unpaired) electrons. The number of rotatable bonds is 5. The Morgan fingerprint density at radius 2 is 1.97 bits per heavy atom. The van der Waals surface area contributed by atoms with Gasteiger partial charge in [-0.25, -0.2) is 4.98 Å². The standard InChI is InChI=1S/C23H24N4O2S2/c1-14-10-15(2)26-23-19(14)20(17-12-25-27(3)13-17)21(30-23)22(28)24-11-16-6-8-18(9-7-16)31(4,5)29/h6-10,12-13H,4,11H2,1-3,5H3,(H,24,28). The van der Waals surface area contributed by atoms with Crippen LogP contribution in [0.2, 0.25) is 0 Å². The van der Waals surface area contributed by atoms with Crippen molar-refractivity contribution < 1.29 is 9.00 Å². The van der Waals surface area contributed by atoms with Gasteiger partial charge in [0.1, 0.15) is 9.71 Å². The minimum absolute atomic E-state index is 0.153. The van der Waals surface area contributed by atoms with E-state index < -0.39 is 9.52 Å². The average Bonchev–Trinajstić information content (AvgIpc) is 3.29. The summed E-state index contributed by atoms with van der Waals surface area (Å²) in [4.78, 5) is 20.0. The zero-order valence-electron chi connectivity index (χ0n) is 17.9. The molecule has 1 amide bonds. The highest BCUT2D eigenvalue weighted by Crippen LogP contribution is 2.39. The lowest BCUT2D eigenvalue weighted by Crippen LogP contribution is -2.22. The Morgan fingerprint density at radius 1 is 1.26 bits per heavy atom. The number of thiophene rings is 1. The van der Waals surface area contributed by atoms with Crippen LogP contribution in [-0.4, -0.2) is 37.0 Å². The molecular formula is C23H24N4O2S2. The first-order valence-corrected chi connectivity index (χ1v) is 12.7. The number of benzene rings is 1. The van der Waals surface area contributed by atoms with Crippen LogP contribution in [0, 0.1) is 13.8 Å². The molecule has 3 heterocycles. The van der Waals surface area contributed by atoms with Crippen LogP contribution in [0.25, 0.3) is 21.3 Å². The summed E-state index contributed by atoms with van der Waals surface area (Å²) < 4.78 is 13.8. The van der Waals surface area contributed by atoms with Gasteiger partial charge in [0.2, 0.25) is 0 Å². The van der Waals surface area contributed by atoms with Gasteiger partial charge in [0.25, 0.3) is 5.91 Å². The molecule has 0 aliphatic carbocycles. The van der Waals surface area contributed by atoms with Crippen molar-refractivity contribution in [3.8, 4) is 11.1 Å². The summed E-state index contributed by atoms with van der Waals surface area (Å²) in [5.41, 5.74) is 4.70. The van der Waals surface area contributed by atoms with Crippen LogP contribution >= 0.6 is 11.3 Å². The van der Waals surface area contributed by atoms with E-state index in [0.717, 1.165) is 38.2 Å². The molecular weight excluding hydrogens is 428 g/mol. The van der Waals surface area contributed by atoms with Crippen molar-refractivity contribution in [3.63, 3.8) is 0 Å². The van der Waals surface area contributed by atoms with Crippen molar-refractivity contribution in [3.05, 3.63) is 64.4 Å². The number of pyridine rings is 1. The van der Waals surface area contributed by atoms with Crippen LogP contribution < -0.4 is 5.32 Å². The highest BCUT2D eigenvalue weighted by Gasteiger charge is 2.23. The third kappa shape index (κ3) is 4.26. The van der Waals surface area contributed by atoms with Gasteiger partial charge >= 0.3 is 0 Å². The smallest absolute Gasteiger partial charge is 0.262 e. The molecule has 3 aromatic heterocycles. The molecule has 0 saturated carbocycles. The third-order valence-electron chi connectivity index (χ3n) is 5.06. The molecule has 1 aromatic carbocycles. The van der Waals surface area contributed by atoms with Gasteiger partial charge < -0.3 is 5.32 Å². The number of amides is 1. The van der Waals surface area contributed by atoms with Gasteiger partial charge in [-0.2, -0.15) is 5.10 Å². The van der Waals surface area contributed by atoms with E-state index in [4.69, 9.17) is 0 Å². The first-order chi connectivity index (χ1) is 14.6. The van der Waals surface area contributed by atoms with Crippen molar-refractivity contribution >= 4 is 42.9 Å². The summed E-state index contributed by atoms with van der Waals surface area (Å²) in [6.45, 7) is 4.37. The molecule has 31 heavy (non-hydrogen) atoms. The van der Waals surface area contributed by atoms with Crippen molar-refractivity contribution in [1.29, 1.82) is 0 Å². The Morgan fingerprint density at radius 3 is 2.58 bits per heavy atom. The lowest BCUT2D eigenvalue weighted by Gasteiger charge is -2.08. The van der Waals surface area contributed by atoms with Crippen LogP contribution in [-0.2, 0) is 23.1 Å². The highest BCUT2D eigenvalue weighted by molar-refractivity contribution is 7.99. The largest absolute Gasteiger partial charge is 0.347 e. The van der Waals surface area contributed by atoms with E-state index in [9.17, 15) is 9.00 Å². The van der Waals surface area contributed by atoms with Gasteiger partial charge in [-0.3, -0.25) is 13.7 Å². The van der Waals surface area contributed by atoms with Crippen molar-refractivity contribution in [2.75, 3.05) is 6.26 Å². The molecule has 4 aromatic rings. The number of fused-ring (bicyclic) bond motifs is 1. The summed E-state index contributed by atoms with van der Waals surface area (Å²) >= 11 is 1.40. The molecule has 8 heteroatoms. The van der Waals surface area contributed by atoms with Crippen LogP contribution in [0.15, 0.2) is 47.6 Å². The van der Waals surface area contributed by atoms with Crippen LogP contribution in [0.4, 0.5) is 0 Å². The van der Waals surface area contributed by atoms with Gasteiger partial charge in [0.15, 0.2) is 0 Å². The summed E-state index contributed by atoms with van der Waals surface area (Å²) in [6, 6.07) is 9.37. The SMILES string of the molecule is C=S(C)(=O)c1ccc(CNC(=O)c2sc3nc(C)cc(C)c3c2-c2cnn(C)c2)cc1. The second-order valence-corrected chi connectivity index (χ2v) is 11.3. The molecule has 1 N–H and O–H groups in total. The maximum atomic E-state index is 13.2. The molecule has 0 fully saturated rings. The van der Waals surface area contributed by atoms with E-state index in [1.54, 1.807) is 29.3 Å². The lowest BCUT2D eigenvalue weighted by molar-refractivity contribution is 0.0955. The normalized spacial score (nSPS) is 13.3. The Kier molecular flexibility index (Phi) is 5.45. The Bertz CT molecular complexity index is 1400. The number of aromatic nitrogens is 3. The third-order valence-corrected chi connectivity index (χ3v) is 7.41. The van der Waals surface area contributed by atoms with E-state index >= 15 is 0 Å². The molecule has 1 unspecified atom stereocenters. The van der Waals surface area contributed by atoms with Crippen molar-refractivity contribution in [2.24, 2.45) is 7.05 Å². The fourth-order valence-corrected chi connectivity index (χ4v) is 5.53. The highest BCUT2D eigenvalue weighted by atomic mass is 32.2. The zero-order chi connectivity index (χ0) is 22.3. The van der Waals surface area contributed by atoms with E-state index in [2.05, 4.69) is 21.3 Å². The fourth-order valence-electron chi connectivity index (χ4n) is 3.59. The van der Waals surface area contributed by atoms with E-state index in [-0.39, 0.29) is 5.91 Å². The number of carbonyl (C=O) groups excluding carboxylic acids is 1. The topological polar surface area (TPSA) is 76.9 Å². The maximum absolute atomic E-state index is 13.2. The number of nitrogens with zero attached hydrogens (tertiary/aromatic N) is 3. The predicted octanol–water partition coefficient (Wildman–Crippen LogP) is 3.95. The van der Waals surface area contributed by atoms with E-state index in [0.29, 0.717) is 16.3 Å². The maximum Gasteiger partial charge on any atom is 0.262 e. The molecule has 0 bridgehead atoms. The van der Waals surface area contributed by atoms with Gasteiger partial charge in [-0.1, -0.05) is 12.1 Å². The van der Waals surface area contributed by atoms with Crippen molar-refractivity contribution in [1.82, 2.24) is 20.1 Å². The quantitative estimate of drug-likeness (QED) is 0.465. The number of hydrogen-bond donors (Lipinski definition) is 1. The minimum Gasteiger partial charge on any atom is -0.347 e. The number of aryl methyl sites for hydroxylation is 3. The Balaban J connectivity index is 1.68. The summed E-state index contributed by atoms with van der Waals surface area (Å²) in [5.74, 6) is 3.55. The van der Waals surface area contributed by atoms with Gasteiger partial charge in [-0.05, 0) is 58.6 Å². The van der Waals surface area contributed by atoms with Crippen LogP contribution in [0.3, 0.4) is 0 Å². The number of nitrogens with one attached hydrogen (secondary N) is 1. The monoisotopic (exact) mass is 452 g/mol. The van der Waals surface area contributed by atoms with Gasteiger partial charge in [0.05, 0.1) is 6.20 Å². The molecule has 0 aliphatic heterocycles. The van der Waals surface area contributed by atoms with Gasteiger partial charge in [0, 0.05) is 53.1 Å². The molecule has 0 saturated heterocycles. The summed E-state index contributed by atoms with van der Waals surface area (Å²) in [5, 5.41) is 8.30.